The van der Waals surface area contributed by atoms with Gasteiger partial charge in [-0.05, 0) is 5.80 Å². The molecule has 1 rings (SSSR count). The van der Waals surface area contributed by atoms with Gasteiger partial charge in [-0.25, -0.2) is 0 Å². The SMILES string of the molecule is C1=NCC=P1. The average molecular weight is 85.0 g/mol. The summed E-state index contributed by atoms with van der Waals surface area (Å²) in [4.78, 5) is 3.89. The van der Waals surface area contributed by atoms with Crippen molar-refractivity contribution in [3.05, 3.63) is 0 Å². The molecule has 0 amide bonds. The van der Waals surface area contributed by atoms with Crippen molar-refractivity contribution >= 4 is 20.0 Å². The number of hydrogen-bond acceptors (Lipinski definition) is 1. The van der Waals surface area contributed by atoms with Gasteiger partial charge in [-0.2, -0.15) is 0 Å². The van der Waals surface area contributed by atoms with Crippen LogP contribution in [0.1, 0.15) is 0 Å². The molecule has 0 bridgehead atoms. The lowest BCUT2D eigenvalue weighted by molar-refractivity contribution is 1.38. The highest BCUT2D eigenvalue weighted by atomic mass is 31.1. The lowest BCUT2D eigenvalue weighted by Gasteiger charge is -1.59. The molecule has 1 aliphatic rings. The van der Waals surface area contributed by atoms with E-state index in [4.69, 9.17) is 0 Å². The lowest BCUT2D eigenvalue weighted by Crippen LogP contribution is -1.64. The van der Waals surface area contributed by atoms with Gasteiger partial charge in [0.15, 0.2) is 0 Å². The highest BCUT2D eigenvalue weighted by molar-refractivity contribution is 7.55. The second-order valence-electron chi connectivity index (χ2n) is 0.812. The topological polar surface area (TPSA) is 12.4 Å². The summed E-state index contributed by atoms with van der Waals surface area (Å²) in [6.07, 6.45) is 0. The maximum absolute atomic E-state index is 3.89. The number of nitrogens with zero attached hydrogens (tertiary/aromatic N) is 1. The van der Waals surface area contributed by atoms with Crippen LogP contribution in [0, 0.1) is 0 Å². The fourth-order valence-electron chi connectivity index (χ4n) is 0.236. The number of rotatable bonds is 0. The third kappa shape index (κ3) is 0.555. The van der Waals surface area contributed by atoms with Gasteiger partial charge >= 0.3 is 0 Å². The monoisotopic (exact) mass is 85.0 g/mol. The fraction of sp³-hybridized carbons (Fsp3) is 0.333. The maximum Gasteiger partial charge on any atom is 0.0620 e. The smallest absolute Gasteiger partial charge is 0.0620 e. The van der Waals surface area contributed by atoms with Crippen LogP contribution in [-0.2, 0) is 0 Å². The minimum absolute atomic E-state index is 0.932. The van der Waals surface area contributed by atoms with Crippen LogP contribution in [0.2, 0.25) is 0 Å². The van der Waals surface area contributed by atoms with E-state index < -0.39 is 0 Å². The summed E-state index contributed by atoms with van der Waals surface area (Å²) in [6, 6.07) is 0. The molecule has 0 aliphatic carbocycles. The third-order valence-corrected chi connectivity index (χ3v) is 1.11. The zero-order valence-corrected chi connectivity index (χ0v) is 3.65. The first-order valence-corrected chi connectivity index (χ1v) is 2.53. The molecule has 5 heavy (non-hydrogen) atoms. The van der Waals surface area contributed by atoms with Gasteiger partial charge in [0.1, 0.15) is 0 Å². The summed E-state index contributed by atoms with van der Waals surface area (Å²) < 4.78 is 0. The zero-order valence-electron chi connectivity index (χ0n) is 2.76. The normalized spacial score (nSPS) is 20.8. The summed E-state index contributed by atoms with van der Waals surface area (Å²) in [5.74, 6) is 4.01. The Morgan fingerprint density at radius 1 is 1.80 bits per heavy atom. The first-order chi connectivity index (χ1) is 2.50. The second kappa shape index (κ2) is 1.32. The van der Waals surface area contributed by atoms with Gasteiger partial charge < -0.3 is 0 Å². The largest absolute Gasteiger partial charge is 0.284 e. The van der Waals surface area contributed by atoms with Gasteiger partial charge in [0.05, 0.1) is 6.54 Å². The van der Waals surface area contributed by atoms with E-state index in [9.17, 15) is 0 Å². The molecule has 2 heteroatoms. The van der Waals surface area contributed by atoms with Gasteiger partial charge in [-0.1, -0.05) is 8.20 Å². The van der Waals surface area contributed by atoms with Crippen LogP contribution in [0.25, 0.3) is 0 Å². The van der Waals surface area contributed by atoms with E-state index in [1.165, 1.54) is 8.20 Å². The molecule has 0 aromatic rings. The molecule has 0 fully saturated rings. The van der Waals surface area contributed by atoms with Crippen LogP contribution in [0.3, 0.4) is 0 Å². The van der Waals surface area contributed by atoms with Gasteiger partial charge in [0.25, 0.3) is 0 Å². The molecule has 1 nitrogen and oxygen atoms in total. The summed E-state index contributed by atoms with van der Waals surface area (Å²) in [6.45, 7) is 0.932. The van der Waals surface area contributed by atoms with Crippen molar-refractivity contribution in [1.29, 1.82) is 0 Å². The Bertz CT molecular complexity index is 65.0. The molecule has 26 valence electrons. The molecular formula is C3H4NP. The van der Waals surface area contributed by atoms with Crippen LogP contribution >= 0.6 is 8.20 Å². The Kier molecular flexibility index (Phi) is 0.806. The molecule has 0 spiro atoms. The Labute approximate surface area is 32.5 Å². The molecular weight excluding hydrogens is 81.0 g/mol. The fourth-order valence-corrected chi connectivity index (χ4v) is 0.707. The van der Waals surface area contributed by atoms with E-state index in [0.717, 1.165) is 6.54 Å². The molecule has 1 heterocycles. The molecule has 0 saturated carbocycles. The molecule has 0 aromatic carbocycles. The van der Waals surface area contributed by atoms with Crippen LogP contribution in [0.15, 0.2) is 4.99 Å². The quantitative estimate of drug-likeness (QED) is 0.385. The van der Waals surface area contributed by atoms with E-state index in [1.807, 2.05) is 5.96 Å². The molecule has 0 radical (unpaired) electrons. The minimum Gasteiger partial charge on any atom is -0.284 e. The Balaban J connectivity index is 2.61. The zero-order chi connectivity index (χ0) is 3.54. The highest BCUT2D eigenvalue weighted by Gasteiger charge is 1.73. The van der Waals surface area contributed by atoms with Crippen molar-refractivity contribution in [1.82, 2.24) is 0 Å². The van der Waals surface area contributed by atoms with E-state index in [1.54, 1.807) is 0 Å². The van der Waals surface area contributed by atoms with Crippen molar-refractivity contribution in [3.63, 3.8) is 0 Å². The van der Waals surface area contributed by atoms with Crippen LogP contribution in [-0.4, -0.2) is 18.3 Å². The molecule has 0 aromatic heterocycles. The summed E-state index contributed by atoms with van der Waals surface area (Å²) in [5, 5.41) is 0. The van der Waals surface area contributed by atoms with Gasteiger partial charge in [0.2, 0.25) is 0 Å². The van der Waals surface area contributed by atoms with Gasteiger partial charge in [0, 0.05) is 5.96 Å². The summed E-state index contributed by atoms with van der Waals surface area (Å²) >= 11 is 0. The van der Waals surface area contributed by atoms with E-state index in [2.05, 4.69) is 10.8 Å². The Hall–Kier alpha value is -0.160. The molecule has 0 N–H and O–H groups in total. The number of aliphatic imine (C=N–C) groups is 1. The number of hydrogen-bond donors (Lipinski definition) is 0. The Morgan fingerprint density at radius 3 is 3.00 bits per heavy atom. The first-order valence-electron chi connectivity index (χ1n) is 1.50. The standard InChI is InChI=1S/C3H4NP/c1-2-5-3-4-1/h2-3H,1H2. The van der Waals surface area contributed by atoms with E-state index >= 15 is 0 Å². The summed E-state index contributed by atoms with van der Waals surface area (Å²) in [5.41, 5.74) is 0. The van der Waals surface area contributed by atoms with Gasteiger partial charge in [-0.15, -0.1) is 0 Å². The average Bonchev–Trinajstić information content (AvgIpc) is 1.76. The molecule has 1 aliphatic heterocycles. The van der Waals surface area contributed by atoms with Crippen molar-refractivity contribution in [2.75, 3.05) is 6.54 Å². The van der Waals surface area contributed by atoms with E-state index in [-0.39, 0.29) is 0 Å². The van der Waals surface area contributed by atoms with Gasteiger partial charge in [-0.3, -0.25) is 4.99 Å². The minimum atomic E-state index is 0.932. The predicted molar refractivity (Wildman–Crippen MR) is 26.3 cm³/mol. The van der Waals surface area contributed by atoms with Crippen LogP contribution < -0.4 is 0 Å². The van der Waals surface area contributed by atoms with Crippen molar-refractivity contribution < 1.29 is 0 Å². The highest BCUT2D eigenvalue weighted by Crippen LogP contribution is 1.91. The molecule has 0 saturated heterocycles. The third-order valence-electron chi connectivity index (χ3n) is 0.441. The van der Waals surface area contributed by atoms with Crippen LogP contribution in [0.5, 0.6) is 0 Å². The van der Waals surface area contributed by atoms with Crippen molar-refractivity contribution in [2.24, 2.45) is 4.99 Å². The first kappa shape index (κ1) is 3.05. The van der Waals surface area contributed by atoms with E-state index in [0.29, 0.717) is 0 Å². The maximum atomic E-state index is 3.89. The molecule has 0 unspecified atom stereocenters. The Morgan fingerprint density at radius 2 is 2.80 bits per heavy atom. The molecule has 0 atom stereocenters. The predicted octanol–water partition coefficient (Wildman–Crippen LogP) is 0.777. The van der Waals surface area contributed by atoms with Crippen LogP contribution in [0.4, 0.5) is 0 Å². The van der Waals surface area contributed by atoms with Crippen molar-refractivity contribution in [2.45, 2.75) is 0 Å². The van der Waals surface area contributed by atoms with Crippen molar-refractivity contribution in [3.8, 4) is 0 Å². The summed E-state index contributed by atoms with van der Waals surface area (Å²) in [7, 11) is 1.27. The lowest BCUT2D eigenvalue weighted by atomic mass is 10.8. The second-order valence-corrected chi connectivity index (χ2v) is 1.71.